The largest absolute Gasteiger partial charge is 0.481 e. The summed E-state index contributed by atoms with van der Waals surface area (Å²) in [5.41, 5.74) is 2.59. The van der Waals surface area contributed by atoms with Gasteiger partial charge in [-0.3, -0.25) is 19.9 Å². The number of halogens is 3. The van der Waals surface area contributed by atoms with Gasteiger partial charge in [-0.15, -0.1) is 0 Å². The van der Waals surface area contributed by atoms with Gasteiger partial charge in [-0.1, -0.05) is 12.1 Å². The van der Waals surface area contributed by atoms with Crippen molar-refractivity contribution < 1.29 is 37.4 Å². The fourth-order valence-corrected chi connectivity index (χ4v) is 3.42. The molecule has 1 atom stereocenters. The maximum absolute atomic E-state index is 14.0. The Balaban J connectivity index is 1.67. The minimum Gasteiger partial charge on any atom is -0.481 e. The van der Waals surface area contributed by atoms with Crippen molar-refractivity contribution in [3.63, 3.8) is 0 Å². The minimum absolute atomic E-state index is 0.0595. The van der Waals surface area contributed by atoms with E-state index in [0.717, 1.165) is 11.1 Å². The number of aliphatic carboxylic acids is 1. The van der Waals surface area contributed by atoms with Gasteiger partial charge in [0.2, 0.25) is 5.91 Å². The van der Waals surface area contributed by atoms with Crippen LogP contribution < -0.4 is 10.7 Å². The number of hydrogen-bond acceptors (Lipinski definition) is 6. The molecule has 0 spiro atoms. The average molecular weight is 504 g/mol. The molecule has 0 saturated heterocycles. The van der Waals surface area contributed by atoms with Crippen LogP contribution in [0.4, 0.5) is 23.8 Å². The highest BCUT2D eigenvalue weighted by Crippen LogP contribution is 2.18. The zero-order valence-corrected chi connectivity index (χ0v) is 19.1. The number of fused-ring (bicyclic) bond motifs is 1. The summed E-state index contributed by atoms with van der Waals surface area (Å²) in [6.07, 6.45) is 0.0347. The van der Waals surface area contributed by atoms with Crippen molar-refractivity contribution in [2.45, 2.75) is 32.4 Å². The fraction of sp³-hybridized carbons (Fsp3) is 0.250. The molecule has 3 aromatic rings. The van der Waals surface area contributed by atoms with E-state index < -0.39 is 48.1 Å². The number of amides is 2. The molecule has 0 saturated carbocycles. The van der Waals surface area contributed by atoms with Crippen LogP contribution in [0, 0.1) is 17.5 Å². The molecule has 12 heteroatoms. The molecule has 0 unspecified atom stereocenters. The lowest BCUT2D eigenvalue weighted by Gasteiger charge is -2.31. The lowest BCUT2D eigenvalue weighted by molar-refractivity contribution is -0.141. The van der Waals surface area contributed by atoms with Crippen molar-refractivity contribution in [2.24, 2.45) is 0 Å². The Morgan fingerprint density at radius 2 is 1.89 bits per heavy atom. The summed E-state index contributed by atoms with van der Waals surface area (Å²) in [5.74, 6) is -4.23. The first kappa shape index (κ1) is 26.4. The van der Waals surface area contributed by atoms with Crippen LogP contribution in [0.5, 0.6) is 0 Å². The molecule has 0 aliphatic rings. The molecule has 1 heterocycles. The number of nitrogens with one attached hydrogen (secondary N) is 2. The Labute approximate surface area is 203 Å². The summed E-state index contributed by atoms with van der Waals surface area (Å²) < 4.78 is 46.1. The number of carbonyl (C=O) groups is 3. The Morgan fingerprint density at radius 1 is 1.11 bits per heavy atom. The highest BCUT2D eigenvalue weighted by molar-refractivity contribution is 5.89. The number of carboxylic acids is 1. The van der Waals surface area contributed by atoms with Gasteiger partial charge in [-0.25, -0.2) is 28.4 Å². The summed E-state index contributed by atoms with van der Waals surface area (Å²) >= 11 is 0. The quantitative estimate of drug-likeness (QED) is 0.357. The number of carbonyl (C=O) groups excluding carboxylic acids is 2. The van der Waals surface area contributed by atoms with Crippen molar-refractivity contribution in [1.82, 2.24) is 15.4 Å². The average Bonchev–Trinajstić information content (AvgIpc) is 2.82. The van der Waals surface area contributed by atoms with Gasteiger partial charge in [0.05, 0.1) is 6.04 Å². The molecule has 0 aliphatic heterocycles. The molecule has 9 nitrogen and oxygen atoms in total. The van der Waals surface area contributed by atoms with Crippen LogP contribution in [-0.4, -0.2) is 45.7 Å². The van der Waals surface area contributed by atoms with Gasteiger partial charge in [0.1, 0.15) is 18.2 Å². The molecule has 3 rings (SSSR count). The van der Waals surface area contributed by atoms with Crippen molar-refractivity contribution in [3.8, 4) is 0 Å². The second-order valence-electron chi connectivity index (χ2n) is 7.81. The van der Waals surface area contributed by atoms with Gasteiger partial charge in [0.25, 0.3) is 0 Å². The molecule has 0 fully saturated rings. The van der Waals surface area contributed by atoms with Gasteiger partial charge in [0.15, 0.2) is 11.6 Å². The highest BCUT2D eigenvalue weighted by atomic mass is 19.2. The third-order valence-corrected chi connectivity index (χ3v) is 5.19. The molecule has 0 bridgehead atoms. The van der Waals surface area contributed by atoms with Gasteiger partial charge >= 0.3 is 12.1 Å². The molecule has 36 heavy (non-hydrogen) atoms. The number of hydrogen-bond donors (Lipinski definition) is 3. The van der Waals surface area contributed by atoms with Crippen LogP contribution in [0.2, 0.25) is 0 Å². The van der Waals surface area contributed by atoms with E-state index in [2.05, 4.69) is 15.7 Å². The van der Waals surface area contributed by atoms with Crippen LogP contribution in [0.3, 0.4) is 0 Å². The van der Waals surface area contributed by atoms with Crippen LogP contribution in [0.1, 0.15) is 25.3 Å². The maximum atomic E-state index is 14.0. The van der Waals surface area contributed by atoms with Crippen molar-refractivity contribution in [3.05, 3.63) is 71.7 Å². The summed E-state index contributed by atoms with van der Waals surface area (Å²) in [4.78, 5) is 39.7. The molecule has 1 aromatic heterocycles. The van der Waals surface area contributed by atoms with E-state index >= 15 is 0 Å². The van der Waals surface area contributed by atoms with E-state index in [0.29, 0.717) is 10.8 Å². The first-order valence-corrected chi connectivity index (χ1v) is 10.8. The molecule has 2 amide bonds. The third kappa shape index (κ3) is 7.15. The van der Waals surface area contributed by atoms with Crippen molar-refractivity contribution in [1.29, 1.82) is 0 Å². The lowest BCUT2D eigenvalue weighted by Crippen LogP contribution is -2.50. The normalized spacial score (nSPS) is 11.7. The fourth-order valence-electron chi connectivity index (χ4n) is 3.42. The SMILES string of the molecule is CC(=O)N(NCc1cccc(F)c1F)[C@@H](CCC(=O)O)COC(=O)Nc1cc2cc(F)ccc2cn1. The van der Waals surface area contributed by atoms with Crippen LogP contribution in [0.15, 0.2) is 48.7 Å². The molecule has 0 radical (unpaired) electrons. The van der Waals surface area contributed by atoms with Gasteiger partial charge in [-0.2, -0.15) is 0 Å². The maximum Gasteiger partial charge on any atom is 0.412 e. The molecule has 0 aliphatic carbocycles. The van der Waals surface area contributed by atoms with E-state index in [9.17, 15) is 27.6 Å². The predicted molar refractivity (Wildman–Crippen MR) is 123 cm³/mol. The second-order valence-corrected chi connectivity index (χ2v) is 7.81. The Bertz CT molecular complexity index is 1270. The summed E-state index contributed by atoms with van der Waals surface area (Å²) in [5, 5.41) is 13.6. The smallest absolute Gasteiger partial charge is 0.412 e. The summed E-state index contributed by atoms with van der Waals surface area (Å²) in [7, 11) is 0. The number of pyridine rings is 1. The number of nitrogens with zero attached hydrogens (tertiary/aromatic N) is 2. The number of carboxylic acid groups (broad SMARTS) is 1. The Morgan fingerprint density at radius 3 is 2.61 bits per heavy atom. The van der Waals surface area contributed by atoms with Crippen molar-refractivity contribution in [2.75, 3.05) is 11.9 Å². The van der Waals surface area contributed by atoms with Gasteiger partial charge < -0.3 is 9.84 Å². The van der Waals surface area contributed by atoms with Crippen LogP contribution in [0.25, 0.3) is 10.8 Å². The Kier molecular flexibility index (Phi) is 8.79. The van der Waals surface area contributed by atoms with E-state index in [1.54, 1.807) is 0 Å². The Hall–Kier alpha value is -4.19. The standard InChI is InChI=1S/C24H23F3N4O5/c1-14(32)31(29-12-16-3-2-4-20(26)23(16)27)19(7-8-22(33)34)13-36-24(35)30-21-10-17-9-18(25)6-5-15(17)11-28-21/h2-6,9-11,19,29H,7-8,12-13H2,1H3,(H,33,34)(H,28,30,35)/t19-/m0/s1. The predicted octanol–water partition coefficient (Wildman–Crippen LogP) is 3.99. The lowest BCUT2D eigenvalue weighted by atomic mass is 10.1. The second kappa shape index (κ2) is 12.0. The zero-order chi connectivity index (χ0) is 26.2. The molecule has 2 aromatic carbocycles. The number of rotatable bonds is 10. The first-order valence-electron chi connectivity index (χ1n) is 10.8. The number of anilines is 1. The van der Waals surface area contributed by atoms with Crippen LogP contribution in [-0.2, 0) is 20.9 Å². The first-order chi connectivity index (χ1) is 17.1. The van der Waals surface area contributed by atoms with E-state index in [-0.39, 0.29) is 30.8 Å². The van der Waals surface area contributed by atoms with Crippen molar-refractivity contribution >= 4 is 34.6 Å². The summed E-state index contributed by atoms with van der Waals surface area (Å²) in [6.45, 7) is 0.483. The number of aromatic nitrogens is 1. The minimum atomic E-state index is -1.14. The highest BCUT2D eigenvalue weighted by Gasteiger charge is 2.24. The van der Waals surface area contributed by atoms with E-state index in [4.69, 9.17) is 9.84 Å². The molecular formula is C24H23F3N4O5. The van der Waals surface area contributed by atoms with Gasteiger partial charge in [-0.05, 0) is 42.1 Å². The molecule has 190 valence electrons. The van der Waals surface area contributed by atoms with E-state index in [1.807, 2.05) is 0 Å². The number of benzene rings is 2. The molecular weight excluding hydrogens is 481 g/mol. The van der Waals surface area contributed by atoms with E-state index in [1.165, 1.54) is 49.5 Å². The number of hydrazine groups is 1. The van der Waals surface area contributed by atoms with Crippen LogP contribution >= 0.6 is 0 Å². The zero-order valence-electron chi connectivity index (χ0n) is 19.1. The molecule has 3 N–H and O–H groups in total. The van der Waals surface area contributed by atoms with Gasteiger partial charge in [0, 0.05) is 37.0 Å². The number of ether oxygens (including phenoxy) is 1. The third-order valence-electron chi connectivity index (χ3n) is 5.19. The summed E-state index contributed by atoms with van der Waals surface area (Å²) in [6, 6.07) is 8.16. The topological polar surface area (TPSA) is 121 Å². The monoisotopic (exact) mass is 504 g/mol.